The number of hydrogen-bond donors (Lipinski definition) is 1. The molecule has 118 valence electrons. The molecule has 0 saturated heterocycles. The van der Waals surface area contributed by atoms with E-state index < -0.39 is 0 Å². The second-order valence-corrected chi connectivity index (χ2v) is 5.77. The Bertz CT molecular complexity index is 718. The SMILES string of the molecule is O=C(COc1ccc(Br)cc1Cl)N/N=C/C=C/c1ccccc1. The van der Waals surface area contributed by atoms with E-state index in [4.69, 9.17) is 16.3 Å². The zero-order chi connectivity index (χ0) is 16.5. The summed E-state index contributed by atoms with van der Waals surface area (Å²) < 4.78 is 6.16. The normalized spacial score (nSPS) is 11.0. The number of allylic oxidation sites excluding steroid dienone is 1. The summed E-state index contributed by atoms with van der Waals surface area (Å²) in [6.07, 6.45) is 5.12. The molecule has 0 bridgehead atoms. The van der Waals surface area contributed by atoms with Crippen molar-refractivity contribution in [3.63, 3.8) is 0 Å². The Kier molecular flexibility index (Phi) is 6.84. The molecule has 0 aliphatic rings. The smallest absolute Gasteiger partial charge is 0.277 e. The Morgan fingerprint density at radius 2 is 2.04 bits per heavy atom. The fourth-order valence-corrected chi connectivity index (χ4v) is 2.37. The number of rotatable bonds is 6. The molecule has 0 unspecified atom stereocenters. The van der Waals surface area contributed by atoms with Crippen molar-refractivity contribution >= 4 is 45.7 Å². The van der Waals surface area contributed by atoms with Crippen LogP contribution in [0.2, 0.25) is 5.02 Å². The molecule has 23 heavy (non-hydrogen) atoms. The van der Waals surface area contributed by atoms with Crippen LogP contribution in [-0.4, -0.2) is 18.7 Å². The maximum atomic E-state index is 11.6. The first-order valence-corrected chi connectivity index (χ1v) is 7.94. The third kappa shape index (κ3) is 6.26. The standard InChI is InChI=1S/C17H14BrClN2O2/c18-14-8-9-16(15(19)11-14)23-12-17(22)21-20-10-4-7-13-5-2-1-3-6-13/h1-11H,12H2,(H,21,22)/b7-4+,20-10+. The quantitative estimate of drug-likeness (QED) is 0.588. The van der Waals surface area contributed by atoms with Gasteiger partial charge in [0.05, 0.1) is 5.02 Å². The Labute approximate surface area is 147 Å². The van der Waals surface area contributed by atoms with Gasteiger partial charge in [0.15, 0.2) is 6.61 Å². The maximum Gasteiger partial charge on any atom is 0.277 e. The van der Waals surface area contributed by atoms with E-state index in [2.05, 4.69) is 26.5 Å². The molecular weight excluding hydrogens is 380 g/mol. The summed E-state index contributed by atoms with van der Waals surface area (Å²) >= 11 is 9.29. The summed E-state index contributed by atoms with van der Waals surface area (Å²) in [6, 6.07) is 15.0. The van der Waals surface area contributed by atoms with Crippen molar-refractivity contribution in [2.45, 2.75) is 0 Å². The third-order valence-corrected chi connectivity index (χ3v) is 3.48. The van der Waals surface area contributed by atoms with Crippen LogP contribution in [0.1, 0.15) is 5.56 Å². The third-order valence-electron chi connectivity index (χ3n) is 2.69. The highest BCUT2D eigenvalue weighted by Gasteiger charge is 2.05. The minimum Gasteiger partial charge on any atom is -0.482 e. The van der Waals surface area contributed by atoms with Crippen molar-refractivity contribution in [2.24, 2.45) is 5.10 Å². The number of halogens is 2. The van der Waals surface area contributed by atoms with Gasteiger partial charge in [-0.25, -0.2) is 5.43 Å². The van der Waals surface area contributed by atoms with Crippen LogP contribution in [0.25, 0.3) is 6.08 Å². The van der Waals surface area contributed by atoms with Gasteiger partial charge in [0.25, 0.3) is 5.91 Å². The molecule has 0 heterocycles. The number of carbonyl (C=O) groups is 1. The van der Waals surface area contributed by atoms with Crippen molar-refractivity contribution in [3.8, 4) is 5.75 Å². The zero-order valence-electron chi connectivity index (χ0n) is 12.1. The minimum atomic E-state index is -0.367. The number of amides is 1. The van der Waals surface area contributed by atoms with Crippen LogP contribution in [0.3, 0.4) is 0 Å². The fraction of sp³-hybridized carbons (Fsp3) is 0.0588. The summed E-state index contributed by atoms with van der Waals surface area (Å²) in [5.41, 5.74) is 3.43. The molecule has 0 radical (unpaired) electrons. The van der Waals surface area contributed by atoms with Gasteiger partial charge in [0, 0.05) is 10.7 Å². The molecule has 0 aromatic heterocycles. The molecule has 2 aromatic rings. The first-order chi connectivity index (χ1) is 11.1. The van der Waals surface area contributed by atoms with Gasteiger partial charge in [0.2, 0.25) is 0 Å². The van der Waals surface area contributed by atoms with Crippen LogP contribution in [0.15, 0.2) is 64.2 Å². The highest BCUT2D eigenvalue weighted by Crippen LogP contribution is 2.27. The lowest BCUT2D eigenvalue weighted by atomic mass is 10.2. The summed E-state index contributed by atoms with van der Waals surface area (Å²) in [5.74, 6) is 0.0753. The molecule has 0 spiro atoms. The van der Waals surface area contributed by atoms with E-state index in [0.717, 1.165) is 10.0 Å². The van der Waals surface area contributed by atoms with Crippen LogP contribution in [0.4, 0.5) is 0 Å². The van der Waals surface area contributed by atoms with E-state index >= 15 is 0 Å². The summed E-state index contributed by atoms with van der Waals surface area (Å²) in [4.78, 5) is 11.6. The van der Waals surface area contributed by atoms with Gasteiger partial charge in [-0.05, 0) is 29.8 Å². The average Bonchev–Trinajstić information content (AvgIpc) is 2.54. The maximum absolute atomic E-state index is 11.6. The van der Waals surface area contributed by atoms with Gasteiger partial charge in [-0.15, -0.1) is 0 Å². The van der Waals surface area contributed by atoms with Crippen molar-refractivity contribution in [2.75, 3.05) is 6.61 Å². The Hall–Kier alpha value is -2.11. The molecule has 1 amide bonds. The number of ether oxygens (including phenoxy) is 1. The second kappa shape index (κ2) is 9.12. The molecule has 0 saturated carbocycles. The highest BCUT2D eigenvalue weighted by atomic mass is 79.9. The molecule has 0 fully saturated rings. The van der Waals surface area contributed by atoms with Crippen LogP contribution in [-0.2, 0) is 4.79 Å². The van der Waals surface area contributed by atoms with E-state index in [9.17, 15) is 4.79 Å². The van der Waals surface area contributed by atoms with Gasteiger partial charge in [-0.2, -0.15) is 5.10 Å². The van der Waals surface area contributed by atoms with E-state index in [1.54, 1.807) is 24.3 Å². The number of hydrogen-bond acceptors (Lipinski definition) is 3. The summed E-state index contributed by atoms with van der Waals surface area (Å²) in [5, 5.41) is 4.24. The number of hydrazone groups is 1. The Morgan fingerprint density at radius 1 is 1.26 bits per heavy atom. The predicted octanol–water partition coefficient (Wildman–Crippen LogP) is 4.30. The first-order valence-electron chi connectivity index (χ1n) is 6.76. The topological polar surface area (TPSA) is 50.7 Å². The van der Waals surface area contributed by atoms with Gasteiger partial charge in [0.1, 0.15) is 5.75 Å². The summed E-state index contributed by atoms with van der Waals surface area (Å²) in [6.45, 7) is -0.166. The molecule has 4 nitrogen and oxygen atoms in total. The highest BCUT2D eigenvalue weighted by molar-refractivity contribution is 9.10. The van der Waals surface area contributed by atoms with Gasteiger partial charge in [-0.1, -0.05) is 63.9 Å². The number of benzene rings is 2. The van der Waals surface area contributed by atoms with Gasteiger partial charge in [-0.3, -0.25) is 4.79 Å². The lowest BCUT2D eigenvalue weighted by Crippen LogP contribution is -2.24. The van der Waals surface area contributed by atoms with Crippen LogP contribution < -0.4 is 10.2 Å². The lowest BCUT2D eigenvalue weighted by Gasteiger charge is -2.06. The largest absolute Gasteiger partial charge is 0.482 e. The van der Waals surface area contributed by atoms with Gasteiger partial charge < -0.3 is 4.74 Å². The van der Waals surface area contributed by atoms with E-state index in [-0.39, 0.29) is 12.5 Å². The molecule has 2 rings (SSSR count). The fourth-order valence-electron chi connectivity index (χ4n) is 1.64. The second-order valence-electron chi connectivity index (χ2n) is 4.45. The number of carbonyl (C=O) groups excluding carboxylic acids is 1. The van der Waals surface area contributed by atoms with Crippen LogP contribution in [0, 0.1) is 0 Å². The number of nitrogens with zero attached hydrogens (tertiary/aromatic N) is 1. The van der Waals surface area contributed by atoms with Crippen molar-refractivity contribution < 1.29 is 9.53 Å². The van der Waals surface area contributed by atoms with Crippen molar-refractivity contribution in [1.29, 1.82) is 0 Å². The molecular formula is C17H14BrClN2O2. The van der Waals surface area contributed by atoms with E-state index in [1.165, 1.54) is 6.21 Å². The van der Waals surface area contributed by atoms with Crippen LogP contribution >= 0.6 is 27.5 Å². The van der Waals surface area contributed by atoms with Gasteiger partial charge >= 0.3 is 0 Å². The Morgan fingerprint density at radius 3 is 2.78 bits per heavy atom. The molecule has 6 heteroatoms. The Balaban J connectivity index is 1.74. The molecule has 0 atom stereocenters. The van der Waals surface area contributed by atoms with Crippen molar-refractivity contribution in [3.05, 3.63) is 69.7 Å². The van der Waals surface area contributed by atoms with E-state index in [1.807, 2.05) is 36.4 Å². The molecule has 0 aliphatic carbocycles. The zero-order valence-corrected chi connectivity index (χ0v) is 14.4. The first kappa shape index (κ1) is 17.2. The monoisotopic (exact) mass is 392 g/mol. The predicted molar refractivity (Wildman–Crippen MR) is 96.8 cm³/mol. The van der Waals surface area contributed by atoms with E-state index in [0.29, 0.717) is 10.8 Å². The average molecular weight is 394 g/mol. The molecule has 2 aromatic carbocycles. The number of nitrogens with one attached hydrogen (secondary N) is 1. The lowest BCUT2D eigenvalue weighted by molar-refractivity contribution is -0.123. The molecule has 1 N–H and O–H groups in total. The molecule has 0 aliphatic heterocycles. The minimum absolute atomic E-state index is 0.166. The van der Waals surface area contributed by atoms with Crippen molar-refractivity contribution in [1.82, 2.24) is 5.43 Å². The van der Waals surface area contributed by atoms with Crippen LogP contribution in [0.5, 0.6) is 5.75 Å². The summed E-state index contributed by atoms with van der Waals surface area (Å²) in [7, 11) is 0.